The summed E-state index contributed by atoms with van der Waals surface area (Å²) in [6.07, 6.45) is 5.31. The molecule has 1 aliphatic carbocycles. The molecule has 0 spiro atoms. The van der Waals surface area contributed by atoms with Crippen molar-refractivity contribution in [3.63, 3.8) is 0 Å². The van der Waals surface area contributed by atoms with Crippen molar-refractivity contribution >= 4 is 11.9 Å². The molecule has 1 saturated carbocycles. The first-order valence-corrected chi connectivity index (χ1v) is 7.24. The van der Waals surface area contributed by atoms with Crippen molar-refractivity contribution in [2.45, 2.75) is 58.4 Å². The van der Waals surface area contributed by atoms with Crippen LogP contribution in [0.25, 0.3) is 0 Å². The molecule has 1 N–H and O–H groups in total. The van der Waals surface area contributed by atoms with Gasteiger partial charge in [-0.2, -0.15) is 0 Å². The molecule has 108 valence electrons. The Morgan fingerprint density at radius 3 is 2.74 bits per heavy atom. The molecule has 2 atom stereocenters. The number of hydrogen-bond acceptors (Lipinski definition) is 3. The van der Waals surface area contributed by atoms with Gasteiger partial charge in [0.05, 0.1) is 6.61 Å². The summed E-state index contributed by atoms with van der Waals surface area (Å²) in [6.45, 7) is 8.07. The van der Waals surface area contributed by atoms with Crippen LogP contribution in [-0.4, -0.2) is 24.5 Å². The first kappa shape index (κ1) is 15.7. The number of rotatable bonds is 7. The molecule has 0 radical (unpaired) electrons. The molecule has 0 aromatic heterocycles. The highest BCUT2D eigenvalue weighted by Crippen LogP contribution is 2.23. The Morgan fingerprint density at radius 1 is 1.47 bits per heavy atom. The lowest BCUT2D eigenvalue weighted by Crippen LogP contribution is -2.41. The Labute approximate surface area is 115 Å². The summed E-state index contributed by atoms with van der Waals surface area (Å²) in [5, 5.41) is 2.94. The molecule has 0 saturated heterocycles. The highest BCUT2D eigenvalue weighted by Gasteiger charge is 2.30. The minimum atomic E-state index is -0.673. The zero-order chi connectivity index (χ0) is 14.3. The maximum absolute atomic E-state index is 12.2. The van der Waals surface area contributed by atoms with Crippen LogP contribution in [0.15, 0.2) is 12.2 Å². The Bertz CT molecular complexity index is 338. The van der Waals surface area contributed by atoms with E-state index in [0.717, 1.165) is 37.7 Å². The Kier molecular flexibility index (Phi) is 6.60. The van der Waals surface area contributed by atoms with E-state index in [2.05, 4.69) is 11.9 Å². The van der Waals surface area contributed by atoms with E-state index in [4.69, 9.17) is 4.74 Å². The van der Waals surface area contributed by atoms with Gasteiger partial charge in [-0.25, -0.2) is 0 Å². The van der Waals surface area contributed by atoms with E-state index in [1.807, 2.05) is 6.92 Å². The SMILES string of the molecule is C=C1CCCC1NC(=O)C(CCCC)C(=O)OCC. The third-order valence-electron chi connectivity index (χ3n) is 3.53. The van der Waals surface area contributed by atoms with E-state index in [0.29, 0.717) is 13.0 Å². The van der Waals surface area contributed by atoms with E-state index < -0.39 is 11.9 Å². The number of carbonyl (C=O) groups is 2. The summed E-state index contributed by atoms with van der Waals surface area (Å²) in [7, 11) is 0. The normalized spacial score (nSPS) is 20.1. The second-order valence-electron chi connectivity index (χ2n) is 5.06. The lowest BCUT2D eigenvalue weighted by Gasteiger charge is -2.19. The minimum Gasteiger partial charge on any atom is -0.465 e. The fourth-order valence-corrected chi connectivity index (χ4v) is 2.37. The van der Waals surface area contributed by atoms with E-state index in [1.165, 1.54) is 0 Å². The lowest BCUT2D eigenvalue weighted by molar-refractivity contribution is -0.152. The second-order valence-corrected chi connectivity index (χ2v) is 5.06. The van der Waals surface area contributed by atoms with Gasteiger partial charge in [-0.05, 0) is 32.6 Å². The number of esters is 1. The van der Waals surface area contributed by atoms with Gasteiger partial charge >= 0.3 is 5.97 Å². The van der Waals surface area contributed by atoms with Gasteiger partial charge in [0.15, 0.2) is 0 Å². The molecule has 0 aliphatic heterocycles. The van der Waals surface area contributed by atoms with Gasteiger partial charge in [0, 0.05) is 6.04 Å². The standard InChI is InChI=1S/C15H25NO3/c1-4-6-9-12(15(18)19-5-2)14(17)16-13-10-7-8-11(13)3/h12-13H,3-10H2,1-2H3,(H,16,17). The Hall–Kier alpha value is -1.32. The molecule has 1 amide bonds. The molecule has 0 aromatic carbocycles. The number of nitrogens with one attached hydrogen (secondary N) is 1. The van der Waals surface area contributed by atoms with Gasteiger partial charge in [-0.15, -0.1) is 0 Å². The number of hydrogen-bond donors (Lipinski definition) is 1. The van der Waals surface area contributed by atoms with Crippen molar-refractivity contribution in [3.8, 4) is 0 Å². The quantitative estimate of drug-likeness (QED) is 0.438. The monoisotopic (exact) mass is 267 g/mol. The van der Waals surface area contributed by atoms with Crippen LogP contribution in [0.5, 0.6) is 0 Å². The molecule has 0 heterocycles. The van der Waals surface area contributed by atoms with Gasteiger partial charge in [0.2, 0.25) is 5.91 Å². The summed E-state index contributed by atoms with van der Waals surface area (Å²) in [4.78, 5) is 24.1. The van der Waals surface area contributed by atoms with Crippen LogP contribution in [0.2, 0.25) is 0 Å². The topological polar surface area (TPSA) is 55.4 Å². The third-order valence-corrected chi connectivity index (χ3v) is 3.53. The molecule has 1 fully saturated rings. The lowest BCUT2D eigenvalue weighted by atomic mass is 10.0. The minimum absolute atomic E-state index is 0.0334. The Morgan fingerprint density at radius 2 is 2.21 bits per heavy atom. The first-order valence-electron chi connectivity index (χ1n) is 7.24. The van der Waals surface area contributed by atoms with Gasteiger partial charge < -0.3 is 10.1 Å². The molecule has 2 unspecified atom stereocenters. The highest BCUT2D eigenvalue weighted by atomic mass is 16.5. The number of carbonyl (C=O) groups excluding carboxylic acids is 2. The predicted octanol–water partition coefficient (Wildman–Crippen LogP) is 2.58. The summed E-state index contributed by atoms with van der Waals surface area (Å²) in [5.41, 5.74) is 1.06. The second kappa shape index (κ2) is 7.97. The fraction of sp³-hybridized carbons (Fsp3) is 0.733. The average Bonchev–Trinajstić information content (AvgIpc) is 2.76. The van der Waals surface area contributed by atoms with E-state index in [1.54, 1.807) is 6.92 Å². The maximum atomic E-state index is 12.2. The molecule has 0 bridgehead atoms. The maximum Gasteiger partial charge on any atom is 0.318 e. The number of amides is 1. The van der Waals surface area contributed by atoms with Crippen molar-refractivity contribution in [1.82, 2.24) is 5.32 Å². The smallest absolute Gasteiger partial charge is 0.318 e. The summed E-state index contributed by atoms with van der Waals surface area (Å²) in [6, 6.07) is 0.0334. The van der Waals surface area contributed by atoms with Crippen molar-refractivity contribution in [2.75, 3.05) is 6.61 Å². The van der Waals surface area contributed by atoms with Crippen LogP contribution < -0.4 is 5.32 Å². The molecule has 1 rings (SSSR count). The molecule has 1 aliphatic rings. The fourth-order valence-electron chi connectivity index (χ4n) is 2.37. The molecule has 4 heteroatoms. The first-order chi connectivity index (χ1) is 9.10. The molecular formula is C15H25NO3. The van der Waals surface area contributed by atoms with Crippen LogP contribution >= 0.6 is 0 Å². The van der Waals surface area contributed by atoms with E-state index in [9.17, 15) is 9.59 Å². The average molecular weight is 267 g/mol. The number of ether oxygens (including phenoxy) is 1. The van der Waals surface area contributed by atoms with E-state index >= 15 is 0 Å². The summed E-state index contributed by atoms with van der Waals surface area (Å²) in [5.74, 6) is -1.29. The van der Waals surface area contributed by atoms with Crippen LogP contribution in [-0.2, 0) is 14.3 Å². The van der Waals surface area contributed by atoms with Gasteiger partial charge in [-0.1, -0.05) is 31.9 Å². The molecule has 0 aromatic rings. The van der Waals surface area contributed by atoms with Crippen molar-refractivity contribution in [1.29, 1.82) is 0 Å². The van der Waals surface area contributed by atoms with Crippen LogP contribution in [0.1, 0.15) is 52.4 Å². The third kappa shape index (κ3) is 4.69. The van der Waals surface area contributed by atoms with Gasteiger partial charge in [0.1, 0.15) is 5.92 Å². The Balaban J connectivity index is 2.59. The highest BCUT2D eigenvalue weighted by molar-refractivity contribution is 5.98. The zero-order valence-electron chi connectivity index (χ0n) is 12.0. The van der Waals surface area contributed by atoms with Crippen LogP contribution in [0.3, 0.4) is 0 Å². The zero-order valence-corrected chi connectivity index (χ0v) is 12.0. The largest absolute Gasteiger partial charge is 0.465 e. The van der Waals surface area contributed by atoms with Gasteiger partial charge in [0.25, 0.3) is 0 Å². The van der Waals surface area contributed by atoms with Gasteiger partial charge in [-0.3, -0.25) is 9.59 Å². The van der Waals surface area contributed by atoms with Crippen molar-refractivity contribution in [2.24, 2.45) is 5.92 Å². The van der Waals surface area contributed by atoms with E-state index in [-0.39, 0.29) is 11.9 Å². The van der Waals surface area contributed by atoms with Crippen LogP contribution in [0.4, 0.5) is 0 Å². The predicted molar refractivity (Wildman–Crippen MR) is 74.6 cm³/mol. The van der Waals surface area contributed by atoms with Crippen molar-refractivity contribution < 1.29 is 14.3 Å². The molecule has 4 nitrogen and oxygen atoms in total. The van der Waals surface area contributed by atoms with Crippen molar-refractivity contribution in [3.05, 3.63) is 12.2 Å². The molecular weight excluding hydrogens is 242 g/mol. The van der Waals surface area contributed by atoms with Crippen LogP contribution in [0, 0.1) is 5.92 Å². The number of unbranched alkanes of at least 4 members (excludes halogenated alkanes) is 1. The summed E-state index contributed by atoms with van der Waals surface area (Å²) < 4.78 is 4.99. The summed E-state index contributed by atoms with van der Waals surface area (Å²) >= 11 is 0. The molecule has 19 heavy (non-hydrogen) atoms.